The van der Waals surface area contributed by atoms with Crippen LogP contribution in [0.5, 0.6) is 0 Å². The van der Waals surface area contributed by atoms with Crippen molar-refractivity contribution >= 4 is 6.15 Å². The molecule has 100 valence electrons. The first-order chi connectivity index (χ1) is 9.06. The summed E-state index contributed by atoms with van der Waals surface area (Å²) in [4.78, 5) is 16.2. The Bertz CT molecular complexity index is 553. The van der Waals surface area contributed by atoms with E-state index >= 15 is 0 Å². The summed E-state index contributed by atoms with van der Waals surface area (Å²) in [7, 11) is 0. The summed E-state index contributed by atoms with van der Waals surface area (Å²) in [5.74, 6) is 0.547. The van der Waals surface area contributed by atoms with E-state index in [1.165, 1.54) is 16.7 Å². The van der Waals surface area contributed by atoms with Crippen molar-refractivity contribution in [3.63, 3.8) is 0 Å². The molecular weight excluding hydrogens is 240 g/mol. The number of hydrogen-bond donors (Lipinski definition) is 0. The third kappa shape index (κ3) is 4.90. The quantitative estimate of drug-likeness (QED) is 0.850. The molecule has 0 N–H and O–H groups in total. The van der Waals surface area contributed by atoms with Gasteiger partial charge in [0.1, 0.15) is 0 Å². The van der Waals surface area contributed by atoms with Crippen LogP contribution in [0.2, 0.25) is 0 Å². The van der Waals surface area contributed by atoms with Crippen LogP contribution in [-0.4, -0.2) is 15.9 Å². The third-order valence-corrected chi connectivity index (χ3v) is 2.75. The summed E-state index contributed by atoms with van der Waals surface area (Å²) in [6.45, 7) is 7.35. The van der Waals surface area contributed by atoms with E-state index in [4.69, 9.17) is 9.59 Å². The topological polar surface area (TPSA) is 52.0 Å². The predicted octanol–water partition coefficient (Wildman–Crippen LogP) is 2.78. The second-order valence-electron chi connectivity index (χ2n) is 4.70. The first-order valence-corrected chi connectivity index (χ1v) is 6.14. The van der Waals surface area contributed by atoms with Crippen LogP contribution in [0, 0.1) is 6.92 Å². The summed E-state index contributed by atoms with van der Waals surface area (Å²) in [6, 6.07) is 8.56. The van der Waals surface area contributed by atoms with Crippen LogP contribution in [0.4, 0.5) is 0 Å². The Hall–Kier alpha value is -2.19. The predicted molar refractivity (Wildman–Crippen MR) is 71.6 cm³/mol. The molecule has 0 radical (unpaired) electrons. The maximum absolute atomic E-state index is 8.12. The summed E-state index contributed by atoms with van der Waals surface area (Å²) in [5, 5.41) is 4.38. The van der Waals surface area contributed by atoms with Crippen molar-refractivity contribution in [3.05, 3.63) is 53.3 Å². The number of nitrogens with zero attached hydrogens (tertiary/aromatic N) is 2. The Kier molecular flexibility index (Phi) is 5.71. The van der Waals surface area contributed by atoms with Gasteiger partial charge in [0.2, 0.25) is 0 Å². The van der Waals surface area contributed by atoms with E-state index in [0.29, 0.717) is 5.92 Å². The monoisotopic (exact) mass is 258 g/mol. The zero-order valence-electron chi connectivity index (χ0n) is 11.5. The molecule has 4 nitrogen and oxygen atoms in total. The van der Waals surface area contributed by atoms with Crippen molar-refractivity contribution in [2.24, 2.45) is 0 Å². The molecule has 0 spiro atoms. The molecule has 1 aromatic carbocycles. The van der Waals surface area contributed by atoms with E-state index in [2.05, 4.69) is 56.3 Å². The Labute approximate surface area is 113 Å². The van der Waals surface area contributed by atoms with Crippen LogP contribution in [0.15, 0.2) is 36.7 Å². The maximum Gasteiger partial charge on any atom is 0.373 e. The lowest BCUT2D eigenvalue weighted by atomic mass is 10.1. The van der Waals surface area contributed by atoms with Gasteiger partial charge in [-0.1, -0.05) is 43.7 Å². The highest BCUT2D eigenvalue weighted by molar-refractivity contribution is 5.22. The molecule has 0 atom stereocenters. The van der Waals surface area contributed by atoms with Crippen LogP contribution >= 0.6 is 0 Å². The standard InChI is InChI=1S/C14H18N2.CO2/c1-11(2)14-8-15-16(10-14)9-13-6-4-5-12(3)7-13;2-1-3/h4-8,10-11H,9H2,1-3H3;. The van der Waals surface area contributed by atoms with Crippen molar-refractivity contribution in [1.29, 1.82) is 0 Å². The van der Waals surface area contributed by atoms with Gasteiger partial charge in [0, 0.05) is 6.20 Å². The Morgan fingerprint density at radius 3 is 2.53 bits per heavy atom. The molecular formula is C15H18N2O2. The number of rotatable bonds is 3. The van der Waals surface area contributed by atoms with Gasteiger partial charge in [-0.15, -0.1) is 0 Å². The smallest absolute Gasteiger partial charge is 0.268 e. The van der Waals surface area contributed by atoms with Gasteiger partial charge in [0.15, 0.2) is 0 Å². The van der Waals surface area contributed by atoms with Crippen LogP contribution in [0.25, 0.3) is 0 Å². The molecule has 2 aromatic rings. The zero-order valence-corrected chi connectivity index (χ0v) is 11.5. The van der Waals surface area contributed by atoms with E-state index in [1.54, 1.807) is 0 Å². The van der Waals surface area contributed by atoms with Gasteiger partial charge in [0.05, 0.1) is 12.7 Å². The summed E-state index contributed by atoms with van der Waals surface area (Å²) in [6.07, 6.45) is 4.34. The van der Waals surface area contributed by atoms with Gasteiger partial charge in [-0.2, -0.15) is 14.7 Å². The average molecular weight is 258 g/mol. The van der Waals surface area contributed by atoms with Gasteiger partial charge in [0.25, 0.3) is 0 Å². The maximum atomic E-state index is 8.12. The fourth-order valence-corrected chi connectivity index (χ4v) is 1.76. The van der Waals surface area contributed by atoms with Gasteiger partial charge in [-0.25, -0.2) is 0 Å². The molecule has 0 aliphatic carbocycles. The molecule has 0 saturated carbocycles. The molecule has 0 aliphatic rings. The van der Waals surface area contributed by atoms with Crippen LogP contribution in [-0.2, 0) is 16.1 Å². The molecule has 0 fully saturated rings. The van der Waals surface area contributed by atoms with E-state index in [0.717, 1.165) is 6.54 Å². The lowest BCUT2D eigenvalue weighted by Crippen LogP contribution is -1.99. The van der Waals surface area contributed by atoms with Gasteiger partial charge in [-0.05, 0) is 24.0 Å². The molecule has 1 heterocycles. The molecule has 19 heavy (non-hydrogen) atoms. The largest absolute Gasteiger partial charge is 0.373 e. The average Bonchev–Trinajstić information content (AvgIpc) is 2.79. The summed E-state index contributed by atoms with van der Waals surface area (Å²) in [5.41, 5.74) is 3.90. The second kappa shape index (κ2) is 7.29. The Balaban J connectivity index is 0.000000550. The number of aromatic nitrogens is 2. The number of aryl methyl sites for hydroxylation is 1. The van der Waals surface area contributed by atoms with Crippen LogP contribution in [0.1, 0.15) is 36.5 Å². The van der Waals surface area contributed by atoms with Crippen LogP contribution in [0.3, 0.4) is 0 Å². The number of hydrogen-bond acceptors (Lipinski definition) is 3. The van der Waals surface area contributed by atoms with Crippen molar-refractivity contribution in [2.45, 2.75) is 33.2 Å². The highest BCUT2D eigenvalue weighted by Gasteiger charge is 2.03. The summed E-state index contributed by atoms with van der Waals surface area (Å²) >= 11 is 0. The SMILES string of the molecule is Cc1cccc(Cn2cc(C(C)C)cn2)c1.O=C=O. The molecule has 4 heteroatoms. The van der Waals surface area contributed by atoms with E-state index in [9.17, 15) is 0 Å². The third-order valence-electron chi connectivity index (χ3n) is 2.75. The van der Waals surface area contributed by atoms with Gasteiger partial charge < -0.3 is 0 Å². The number of carbonyl (C=O) groups excluding carboxylic acids is 2. The van der Waals surface area contributed by atoms with Gasteiger partial charge in [-0.3, -0.25) is 4.68 Å². The minimum Gasteiger partial charge on any atom is -0.268 e. The first-order valence-electron chi connectivity index (χ1n) is 6.14. The van der Waals surface area contributed by atoms with E-state index in [-0.39, 0.29) is 6.15 Å². The Morgan fingerprint density at radius 1 is 1.32 bits per heavy atom. The van der Waals surface area contributed by atoms with Crippen molar-refractivity contribution in [2.75, 3.05) is 0 Å². The Morgan fingerprint density at radius 2 is 2.00 bits per heavy atom. The fraction of sp³-hybridized carbons (Fsp3) is 0.333. The normalized spacial score (nSPS) is 9.68. The lowest BCUT2D eigenvalue weighted by molar-refractivity contribution is -0.191. The van der Waals surface area contributed by atoms with Crippen molar-refractivity contribution in [3.8, 4) is 0 Å². The van der Waals surface area contributed by atoms with Crippen molar-refractivity contribution < 1.29 is 9.59 Å². The number of benzene rings is 1. The van der Waals surface area contributed by atoms with Gasteiger partial charge >= 0.3 is 6.15 Å². The molecule has 0 bridgehead atoms. The summed E-state index contributed by atoms with van der Waals surface area (Å²) < 4.78 is 2.00. The molecule has 0 amide bonds. The molecule has 1 aromatic heterocycles. The molecule has 2 rings (SSSR count). The minimum atomic E-state index is 0.250. The fourth-order valence-electron chi connectivity index (χ4n) is 1.76. The minimum absolute atomic E-state index is 0.250. The molecule has 0 aliphatic heterocycles. The lowest BCUT2D eigenvalue weighted by Gasteiger charge is -2.03. The second-order valence-corrected chi connectivity index (χ2v) is 4.70. The first kappa shape index (κ1) is 14.9. The van der Waals surface area contributed by atoms with Crippen molar-refractivity contribution in [1.82, 2.24) is 9.78 Å². The van der Waals surface area contributed by atoms with E-state index < -0.39 is 0 Å². The van der Waals surface area contributed by atoms with Crippen LogP contribution < -0.4 is 0 Å². The highest BCUT2D eigenvalue weighted by atomic mass is 16.2. The highest BCUT2D eigenvalue weighted by Crippen LogP contribution is 2.13. The molecule has 0 unspecified atom stereocenters. The van der Waals surface area contributed by atoms with E-state index in [1.807, 2.05) is 10.9 Å². The molecule has 0 saturated heterocycles. The zero-order chi connectivity index (χ0) is 14.3.